The summed E-state index contributed by atoms with van der Waals surface area (Å²) >= 11 is 0. The van der Waals surface area contributed by atoms with Crippen LogP contribution >= 0.6 is 0 Å². The van der Waals surface area contributed by atoms with Gasteiger partial charge in [0.15, 0.2) is 5.78 Å². The molecule has 1 aromatic carbocycles. The number of rotatable bonds is 14. The van der Waals surface area contributed by atoms with Crippen molar-refractivity contribution in [1.82, 2.24) is 4.72 Å². The zero-order chi connectivity index (χ0) is 21.9. The Balaban J connectivity index is 2.65. The van der Waals surface area contributed by atoms with Gasteiger partial charge in [0.05, 0.1) is 4.90 Å². The molecule has 0 aliphatic carbocycles. The normalized spacial score (nSPS) is 13.4. The van der Waals surface area contributed by atoms with Gasteiger partial charge in [0.25, 0.3) is 0 Å². The van der Waals surface area contributed by atoms with Crippen molar-refractivity contribution in [3.63, 3.8) is 0 Å². The number of hydrogen-bond donors (Lipinski definition) is 1. The predicted molar refractivity (Wildman–Crippen MR) is 122 cm³/mol. The molecule has 1 atom stereocenters. The summed E-state index contributed by atoms with van der Waals surface area (Å²) in [5, 5.41) is 0. The molecule has 0 saturated carbocycles. The van der Waals surface area contributed by atoms with E-state index in [0.717, 1.165) is 25.7 Å². The summed E-state index contributed by atoms with van der Waals surface area (Å²) in [5.74, 6) is 0.109. The first-order valence-corrected chi connectivity index (χ1v) is 12.7. The lowest BCUT2D eigenvalue weighted by Crippen LogP contribution is -2.27. The van der Waals surface area contributed by atoms with Gasteiger partial charge in [-0.1, -0.05) is 91.3 Å². The standard InChI is InChI=1S/C24H41NO3S/c1-6-7-8-9-10-11-14-17-25-29(27,28)23-16-13-12-15-21(23)22(26)18-20(2)19-24(3,4)5/h12-13,15-16,20,25H,6-11,14,17-19H2,1-5H3. The lowest BCUT2D eigenvalue weighted by Gasteiger charge is -2.23. The Morgan fingerprint density at radius 1 is 1.00 bits per heavy atom. The summed E-state index contributed by atoms with van der Waals surface area (Å²) in [4.78, 5) is 12.9. The maximum absolute atomic E-state index is 12.8. The molecule has 0 aromatic heterocycles. The van der Waals surface area contributed by atoms with E-state index in [1.165, 1.54) is 31.7 Å². The number of hydrogen-bond acceptors (Lipinski definition) is 3. The third-order valence-electron chi connectivity index (χ3n) is 5.04. The molecule has 0 aliphatic heterocycles. The molecule has 1 unspecified atom stereocenters. The van der Waals surface area contributed by atoms with Crippen molar-refractivity contribution in [2.45, 2.75) is 97.3 Å². The quantitative estimate of drug-likeness (QED) is 0.280. The Labute approximate surface area is 178 Å². The van der Waals surface area contributed by atoms with Gasteiger partial charge in [0.2, 0.25) is 10.0 Å². The smallest absolute Gasteiger partial charge is 0.241 e. The fourth-order valence-electron chi connectivity index (χ4n) is 3.84. The molecule has 0 saturated heterocycles. The van der Waals surface area contributed by atoms with Gasteiger partial charge in [0.1, 0.15) is 0 Å². The van der Waals surface area contributed by atoms with Crippen molar-refractivity contribution in [2.75, 3.05) is 6.54 Å². The topological polar surface area (TPSA) is 63.2 Å². The SMILES string of the molecule is CCCCCCCCCNS(=O)(=O)c1ccccc1C(=O)CC(C)CC(C)(C)C. The molecular weight excluding hydrogens is 382 g/mol. The molecule has 1 N–H and O–H groups in total. The van der Waals surface area contributed by atoms with Crippen molar-refractivity contribution in [3.8, 4) is 0 Å². The van der Waals surface area contributed by atoms with Crippen LogP contribution in [0.2, 0.25) is 0 Å². The van der Waals surface area contributed by atoms with Gasteiger partial charge in [0, 0.05) is 18.5 Å². The number of benzene rings is 1. The molecule has 0 fully saturated rings. The fourth-order valence-corrected chi connectivity index (χ4v) is 5.14. The van der Waals surface area contributed by atoms with Crippen LogP contribution in [-0.4, -0.2) is 20.7 Å². The van der Waals surface area contributed by atoms with Crippen LogP contribution in [0.25, 0.3) is 0 Å². The van der Waals surface area contributed by atoms with Crippen LogP contribution in [0.1, 0.15) is 103 Å². The van der Waals surface area contributed by atoms with E-state index >= 15 is 0 Å². The van der Waals surface area contributed by atoms with Gasteiger partial charge in [-0.05, 0) is 30.2 Å². The molecule has 0 spiro atoms. The summed E-state index contributed by atoms with van der Waals surface area (Å²) in [7, 11) is -3.68. The Kier molecular flexibility index (Phi) is 11.1. The molecule has 0 amide bonds. The van der Waals surface area contributed by atoms with Gasteiger partial charge in [-0.15, -0.1) is 0 Å². The lowest BCUT2D eigenvalue weighted by atomic mass is 9.83. The maximum atomic E-state index is 12.8. The average molecular weight is 424 g/mol. The molecule has 0 aliphatic rings. The minimum Gasteiger partial charge on any atom is -0.294 e. The van der Waals surface area contributed by atoms with E-state index in [9.17, 15) is 13.2 Å². The number of sulfonamides is 1. The van der Waals surface area contributed by atoms with Crippen LogP contribution in [-0.2, 0) is 10.0 Å². The summed E-state index contributed by atoms with van der Waals surface area (Å²) in [5.41, 5.74) is 0.448. The summed E-state index contributed by atoms with van der Waals surface area (Å²) in [6.07, 6.45) is 9.24. The second-order valence-electron chi connectivity index (χ2n) is 9.51. The minimum absolute atomic E-state index is 0.0985. The Bertz CT molecular complexity index is 720. The van der Waals surface area contributed by atoms with Gasteiger partial charge in [-0.2, -0.15) is 0 Å². The molecular formula is C24H41NO3S. The first kappa shape index (κ1) is 25.8. The number of ketones is 1. The number of unbranched alkanes of at least 4 members (excludes halogenated alkanes) is 6. The summed E-state index contributed by atoms with van der Waals surface area (Å²) in [6.45, 7) is 11.1. The fraction of sp³-hybridized carbons (Fsp3) is 0.708. The molecule has 29 heavy (non-hydrogen) atoms. The van der Waals surface area contributed by atoms with Gasteiger partial charge >= 0.3 is 0 Å². The van der Waals surface area contributed by atoms with E-state index in [1.54, 1.807) is 18.2 Å². The highest BCUT2D eigenvalue weighted by atomic mass is 32.2. The molecule has 0 bridgehead atoms. The van der Waals surface area contributed by atoms with Crippen molar-refractivity contribution in [3.05, 3.63) is 29.8 Å². The Hall–Kier alpha value is -1.20. The van der Waals surface area contributed by atoms with Crippen LogP contribution in [0, 0.1) is 11.3 Å². The number of nitrogens with one attached hydrogen (secondary N) is 1. The van der Waals surface area contributed by atoms with E-state index in [0.29, 0.717) is 18.5 Å². The summed E-state index contributed by atoms with van der Waals surface area (Å²) < 4.78 is 28.2. The molecule has 166 valence electrons. The second-order valence-corrected chi connectivity index (χ2v) is 11.2. The Morgan fingerprint density at radius 2 is 1.59 bits per heavy atom. The highest BCUT2D eigenvalue weighted by Crippen LogP contribution is 2.28. The van der Waals surface area contributed by atoms with E-state index in [-0.39, 0.29) is 22.0 Å². The Morgan fingerprint density at radius 3 is 2.21 bits per heavy atom. The van der Waals surface area contributed by atoms with Crippen molar-refractivity contribution in [2.24, 2.45) is 11.3 Å². The molecule has 1 rings (SSSR count). The molecule has 5 heteroatoms. The van der Waals surface area contributed by atoms with E-state index in [2.05, 4.69) is 39.3 Å². The maximum Gasteiger partial charge on any atom is 0.241 e. The van der Waals surface area contributed by atoms with Gasteiger partial charge in [-0.25, -0.2) is 13.1 Å². The summed E-state index contributed by atoms with van der Waals surface area (Å²) in [6, 6.07) is 6.58. The minimum atomic E-state index is -3.68. The lowest BCUT2D eigenvalue weighted by molar-refractivity contribution is 0.0951. The molecule has 1 aromatic rings. The van der Waals surface area contributed by atoms with Crippen LogP contribution in [0.15, 0.2) is 29.2 Å². The van der Waals surface area contributed by atoms with Gasteiger partial charge in [-0.3, -0.25) is 4.79 Å². The van der Waals surface area contributed by atoms with Crippen LogP contribution in [0.3, 0.4) is 0 Å². The van der Waals surface area contributed by atoms with Crippen molar-refractivity contribution in [1.29, 1.82) is 0 Å². The first-order chi connectivity index (χ1) is 13.6. The molecule has 0 radical (unpaired) electrons. The van der Waals surface area contributed by atoms with Crippen molar-refractivity contribution < 1.29 is 13.2 Å². The van der Waals surface area contributed by atoms with Crippen LogP contribution in [0.5, 0.6) is 0 Å². The van der Waals surface area contributed by atoms with Crippen LogP contribution in [0.4, 0.5) is 0 Å². The zero-order valence-electron chi connectivity index (χ0n) is 19.1. The van der Waals surface area contributed by atoms with E-state index < -0.39 is 10.0 Å². The monoisotopic (exact) mass is 423 g/mol. The third-order valence-corrected chi connectivity index (χ3v) is 6.56. The first-order valence-electron chi connectivity index (χ1n) is 11.2. The third kappa shape index (κ3) is 10.4. The molecule has 4 nitrogen and oxygen atoms in total. The number of Topliss-reactive ketones (excluding diaryl/α,β-unsaturated/α-hetero) is 1. The second kappa shape index (κ2) is 12.5. The zero-order valence-corrected chi connectivity index (χ0v) is 19.9. The number of carbonyl (C=O) groups is 1. The average Bonchev–Trinajstić information content (AvgIpc) is 2.62. The van der Waals surface area contributed by atoms with Crippen molar-refractivity contribution >= 4 is 15.8 Å². The molecule has 0 heterocycles. The van der Waals surface area contributed by atoms with E-state index in [4.69, 9.17) is 0 Å². The predicted octanol–water partition coefficient (Wildman–Crippen LogP) is 6.36. The van der Waals surface area contributed by atoms with Crippen LogP contribution < -0.4 is 4.72 Å². The van der Waals surface area contributed by atoms with Gasteiger partial charge < -0.3 is 0 Å². The van der Waals surface area contributed by atoms with E-state index in [1.807, 2.05) is 0 Å². The largest absolute Gasteiger partial charge is 0.294 e. The number of carbonyl (C=O) groups excluding carboxylic acids is 1. The highest BCUT2D eigenvalue weighted by Gasteiger charge is 2.24. The highest BCUT2D eigenvalue weighted by molar-refractivity contribution is 7.89.